The van der Waals surface area contributed by atoms with Crippen LogP contribution in [-0.4, -0.2) is 35.0 Å². The Labute approximate surface area is 131 Å². The van der Waals surface area contributed by atoms with E-state index in [2.05, 4.69) is 29.1 Å². The van der Waals surface area contributed by atoms with Crippen molar-refractivity contribution in [2.75, 3.05) is 20.1 Å². The highest BCUT2D eigenvalue weighted by molar-refractivity contribution is 6.30. The van der Waals surface area contributed by atoms with E-state index in [-0.39, 0.29) is 0 Å². The van der Waals surface area contributed by atoms with Crippen LogP contribution in [0.25, 0.3) is 0 Å². The minimum absolute atomic E-state index is 0.640. The van der Waals surface area contributed by atoms with Crippen molar-refractivity contribution in [3.05, 3.63) is 58.1 Å². The molecule has 0 fully saturated rings. The summed E-state index contributed by atoms with van der Waals surface area (Å²) in [6.07, 6.45) is 3.80. The lowest BCUT2D eigenvalue weighted by atomic mass is 10.0. The van der Waals surface area contributed by atoms with E-state index in [1.165, 1.54) is 5.56 Å². The van der Waals surface area contributed by atoms with E-state index in [0.29, 0.717) is 5.15 Å². The van der Waals surface area contributed by atoms with Crippen LogP contribution in [0.2, 0.25) is 5.15 Å². The van der Waals surface area contributed by atoms with Crippen LogP contribution < -0.4 is 0 Å². The number of hydrogen-bond acceptors (Lipinski definition) is 3. The SMILES string of the molecule is CN1CCCc2nc(Cc3ccccc3)nc(Cl)c2CC1. The summed E-state index contributed by atoms with van der Waals surface area (Å²) in [5.41, 5.74) is 3.51. The molecule has 0 saturated carbocycles. The third kappa shape index (κ3) is 3.60. The zero-order chi connectivity index (χ0) is 14.7. The number of aromatic nitrogens is 2. The van der Waals surface area contributed by atoms with Crippen molar-refractivity contribution >= 4 is 11.6 Å². The van der Waals surface area contributed by atoms with Gasteiger partial charge in [-0.15, -0.1) is 0 Å². The fraction of sp³-hybridized carbons (Fsp3) is 0.412. The number of benzene rings is 1. The molecule has 0 N–H and O–H groups in total. The summed E-state index contributed by atoms with van der Waals surface area (Å²) in [7, 11) is 2.16. The first kappa shape index (κ1) is 14.5. The molecule has 0 bridgehead atoms. The zero-order valence-electron chi connectivity index (χ0n) is 12.3. The fourth-order valence-electron chi connectivity index (χ4n) is 2.79. The summed E-state index contributed by atoms with van der Waals surface area (Å²) >= 11 is 6.42. The van der Waals surface area contributed by atoms with Gasteiger partial charge in [-0.3, -0.25) is 0 Å². The number of aryl methyl sites for hydroxylation is 1. The summed E-state index contributed by atoms with van der Waals surface area (Å²) in [6, 6.07) is 10.3. The molecule has 0 unspecified atom stereocenters. The van der Waals surface area contributed by atoms with Gasteiger partial charge >= 0.3 is 0 Å². The van der Waals surface area contributed by atoms with E-state index in [1.54, 1.807) is 0 Å². The largest absolute Gasteiger partial charge is 0.306 e. The normalized spacial score (nSPS) is 16.1. The van der Waals surface area contributed by atoms with Gasteiger partial charge in [0.15, 0.2) is 0 Å². The molecule has 0 amide bonds. The van der Waals surface area contributed by atoms with E-state index in [1.807, 2.05) is 18.2 Å². The van der Waals surface area contributed by atoms with Gasteiger partial charge in [-0.1, -0.05) is 41.9 Å². The van der Waals surface area contributed by atoms with Gasteiger partial charge in [-0.05, 0) is 38.4 Å². The molecular weight excluding hydrogens is 282 g/mol. The topological polar surface area (TPSA) is 29.0 Å². The highest BCUT2D eigenvalue weighted by Crippen LogP contribution is 2.22. The molecule has 4 heteroatoms. The second-order valence-electron chi connectivity index (χ2n) is 5.68. The van der Waals surface area contributed by atoms with E-state index >= 15 is 0 Å². The maximum atomic E-state index is 6.42. The summed E-state index contributed by atoms with van der Waals surface area (Å²) < 4.78 is 0. The second kappa shape index (κ2) is 6.54. The molecule has 0 radical (unpaired) electrons. The van der Waals surface area contributed by atoms with Crippen LogP contribution in [0.3, 0.4) is 0 Å². The van der Waals surface area contributed by atoms with Gasteiger partial charge in [0, 0.05) is 24.2 Å². The molecule has 110 valence electrons. The third-order valence-corrected chi connectivity index (χ3v) is 4.30. The fourth-order valence-corrected chi connectivity index (χ4v) is 3.09. The molecular formula is C17H20ClN3. The maximum absolute atomic E-state index is 6.42. The Bertz CT molecular complexity index is 613. The van der Waals surface area contributed by atoms with E-state index in [9.17, 15) is 0 Å². The second-order valence-corrected chi connectivity index (χ2v) is 6.03. The Morgan fingerprint density at radius 1 is 1.10 bits per heavy atom. The Morgan fingerprint density at radius 3 is 2.71 bits per heavy atom. The summed E-state index contributed by atoms with van der Waals surface area (Å²) in [6.45, 7) is 2.14. The van der Waals surface area contributed by atoms with E-state index in [0.717, 1.165) is 55.9 Å². The first-order valence-electron chi connectivity index (χ1n) is 7.49. The van der Waals surface area contributed by atoms with Crippen molar-refractivity contribution in [1.82, 2.24) is 14.9 Å². The molecule has 0 aliphatic carbocycles. The van der Waals surface area contributed by atoms with Gasteiger partial charge in [0.25, 0.3) is 0 Å². The Morgan fingerprint density at radius 2 is 1.90 bits per heavy atom. The lowest BCUT2D eigenvalue weighted by molar-refractivity contribution is 0.326. The summed E-state index contributed by atoms with van der Waals surface area (Å²) in [5, 5.41) is 0.640. The van der Waals surface area contributed by atoms with Crippen LogP contribution in [-0.2, 0) is 19.3 Å². The molecule has 2 aromatic rings. The minimum atomic E-state index is 0.640. The maximum Gasteiger partial charge on any atom is 0.136 e. The molecule has 3 nitrogen and oxygen atoms in total. The first-order valence-corrected chi connectivity index (χ1v) is 7.87. The van der Waals surface area contributed by atoms with Gasteiger partial charge in [-0.25, -0.2) is 9.97 Å². The predicted molar refractivity (Wildman–Crippen MR) is 85.8 cm³/mol. The van der Waals surface area contributed by atoms with Crippen LogP contribution in [0.5, 0.6) is 0 Å². The van der Waals surface area contributed by atoms with Crippen LogP contribution in [0.1, 0.15) is 29.1 Å². The Balaban J connectivity index is 1.87. The number of nitrogens with zero attached hydrogens (tertiary/aromatic N) is 3. The molecule has 1 aliphatic heterocycles. The van der Waals surface area contributed by atoms with Crippen LogP contribution in [0.15, 0.2) is 30.3 Å². The molecule has 0 spiro atoms. The van der Waals surface area contributed by atoms with Crippen LogP contribution >= 0.6 is 11.6 Å². The molecule has 0 atom stereocenters. The summed E-state index contributed by atoms with van der Waals surface area (Å²) in [4.78, 5) is 11.6. The number of halogens is 1. The molecule has 0 saturated heterocycles. The van der Waals surface area contributed by atoms with E-state index < -0.39 is 0 Å². The number of likely N-dealkylation sites (N-methyl/N-ethyl adjacent to an activating group) is 1. The summed E-state index contributed by atoms with van der Waals surface area (Å²) in [5.74, 6) is 0.832. The van der Waals surface area contributed by atoms with Gasteiger partial charge in [-0.2, -0.15) is 0 Å². The van der Waals surface area contributed by atoms with Gasteiger partial charge in [0.1, 0.15) is 11.0 Å². The van der Waals surface area contributed by atoms with E-state index in [4.69, 9.17) is 16.6 Å². The molecule has 1 aliphatic rings. The average Bonchev–Trinajstić information content (AvgIpc) is 2.45. The van der Waals surface area contributed by atoms with Crippen molar-refractivity contribution in [2.45, 2.75) is 25.7 Å². The first-order chi connectivity index (χ1) is 10.2. The standard InChI is InChI=1S/C17H20ClN3/c1-21-10-5-8-15-14(9-11-21)17(18)20-16(19-15)12-13-6-3-2-4-7-13/h2-4,6-7H,5,8-12H2,1H3. The minimum Gasteiger partial charge on any atom is -0.306 e. The van der Waals surface area contributed by atoms with Gasteiger partial charge < -0.3 is 4.90 Å². The monoisotopic (exact) mass is 301 g/mol. The van der Waals surface area contributed by atoms with Crippen molar-refractivity contribution in [3.63, 3.8) is 0 Å². The smallest absolute Gasteiger partial charge is 0.136 e. The van der Waals surface area contributed by atoms with Crippen molar-refractivity contribution < 1.29 is 0 Å². The Kier molecular flexibility index (Phi) is 4.51. The molecule has 21 heavy (non-hydrogen) atoms. The van der Waals surface area contributed by atoms with Gasteiger partial charge in [0.2, 0.25) is 0 Å². The number of hydrogen-bond donors (Lipinski definition) is 0. The zero-order valence-corrected chi connectivity index (χ0v) is 13.1. The predicted octanol–water partition coefficient (Wildman–Crippen LogP) is 3.14. The Hall–Kier alpha value is -1.45. The highest BCUT2D eigenvalue weighted by Gasteiger charge is 2.16. The molecule has 3 rings (SSSR count). The van der Waals surface area contributed by atoms with Crippen LogP contribution in [0.4, 0.5) is 0 Å². The molecule has 1 aromatic heterocycles. The van der Waals surface area contributed by atoms with Crippen molar-refractivity contribution in [3.8, 4) is 0 Å². The average molecular weight is 302 g/mol. The highest BCUT2D eigenvalue weighted by atomic mass is 35.5. The molecule has 1 aromatic carbocycles. The van der Waals surface area contributed by atoms with Crippen molar-refractivity contribution in [1.29, 1.82) is 0 Å². The van der Waals surface area contributed by atoms with Gasteiger partial charge in [0.05, 0.1) is 0 Å². The lowest BCUT2D eigenvalue weighted by Crippen LogP contribution is -2.26. The quantitative estimate of drug-likeness (QED) is 0.798. The lowest BCUT2D eigenvalue weighted by Gasteiger charge is -2.21. The van der Waals surface area contributed by atoms with Crippen LogP contribution in [0, 0.1) is 0 Å². The number of fused-ring (bicyclic) bond motifs is 1. The number of rotatable bonds is 2. The third-order valence-electron chi connectivity index (χ3n) is 3.99. The van der Waals surface area contributed by atoms with Crippen molar-refractivity contribution in [2.24, 2.45) is 0 Å². The molecule has 2 heterocycles.